The molecule has 2 nitrogen and oxygen atoms in total. The molecule has 2 radical (unpaired) electrons. The number of Topliss-reactive ketones (excluding diaryl/α,β-unsaturated/α-hetero) is 2. The number of allylic oxidation sites excluding steroid dienone is 1. The Morgan fingerprint density at radius 2 is 1.71 bits per heavy atom. The molecule has 21 heavy (non-hydrogen) atoms. The summed E-state index contributed by atoms with van der Waals surface area (Å²) in [5.74, 6) is 0.380. The van der Waals surface area contributed by atoms with E-state index in [1.807, 2.05) is 50.3 Å². The number of benzene rings is 1. The Bertz CT molecular complexity index is 447. The summed E-state index contributed by atoms with van der Waals surface area (Å²) in [6, 6.07) is 7.88. The van der Waals surface area contributed by atoms with E-state index in [0.717, 1.165) is 17.5 Å². The molecule has 0 heterocycles. The first kappa shape index (κ1) is 19.4. The average Bonchev–Trinajstić information content (AvgIpc) is 2.47. The molecule has 0 atom stereocenters. The average molecular weight is 284 g/mol. The van der Waals surface area contributed by atoms with Gasteiger partial charge in [-0.05, 0) is 30.9 Å². The monoisotopic (exact) mass is 284 g/mol. The molecule has 112 valence electrons. The third kappa shape index (κ3) is 9.83. The van der Waals surface area contributed by atoms with Crippen LogP contribution in [0.4, 0.5) is 0 Å². The van der Waals surface area contributed by atoms with Gasteiger partial charge in [0.25, 0.3) is 0 Å². The number of ketones is 2. The lowest BCUT2D eigenvalue weighted by molar-refractivity contribution is -0.118. The van der Waals surface area contributed by atoms with Gasteiger partial charge in [-0.25, -0.2) is 0 Å². The Morgan fingerprint density at radius 1 is 1.10 bits per heavy atom. The van der Waals surface area contributed by atoms with Crippen molar-refractivity contribution >= 4 is 25.5 Å². The van der Waals surface area contributed by atoms with Crippen LogP contribution in [0.2, 0.25) is 6.32 Å². The summed E-state index contributed by atoms with van der Waals surface area (Å²) in [7, 11) is 5.34. The van der Waals surface area contributed by atoms with Gasteiger partial charge in [0.2, 0.25) is 0 Å². The fraction of sp³-hybridized carbons (Fsp3) is 0.444. The van der Waals surface area contributed by atoms with Crippen molar-refractivity contribution in [1.82, 2.24) is 0 Å². The molecule has 0 N–H and O–H groups in total. The largest absolute Gasteiger partial charge is 0.300 e. The minimum Gasteiger partial charge on any atom is -0.300 e. The van der Waals surface area contributed by atoms with Gasteiger partial charge < -0.3 is 4.79 Å². The first-order valence-electron chi connectivity index (χ1n) is 7.58. The van der Waals surface area contributed by atoms with Crippen LogP contribution in [0.3, 0.4) is 0 Å². The zero-order chi connectivity index (χ0) is 16.1. The molecule has 0 saturated carbocycles. The van der Waals surface area contributed by atoms with Crippen molar-refractivity contribution in [3.63, 3.8) is 0 Å². The molecular weight excluding hydrogens is 259 g/mol. The Labute approximate surface area is 130 Å². The van der Waals surface area contributed by atoms with Crippen LogP contribution in [-0.4, -0.2) is 19.4 Å². The molecule has 0 bridgehead atoms. The van der Waals surface area contributed by atoms with Crippen molar-refractivity contribution in [1.29, 1.82) is 0 Å². The number of hydrogen-bond acceptors (Lipinski definition) is 2. The van der Waals surface area contributed by atoms with Gasteiger partial charge in [0, 0.05) is 12.8 Å². The van der Waals surface area contributed by atoms with Gasteiger partial charge in [0.05, 0.1) is 7.85 Å². The zero-order valence-electron chi connectivity index (χ0n) is 13.4. The predicted molar refractivity (Wildman–Crippen MR) is 90.6 cm³/mol. The maximum Gasteiger partial charge on any atom is 0.136 e. The third-order valence-corrected chi connectivity index (χ3v) is 2.78. The SMILES string of the molecule is CC.[B]CCC(=O)Cc1ccc(/C=C/CCC(C)=O)cc1. The highest BCUT2D eigenvalue weighted by Crippen LogP contribution is 2.09. The summed E-state index contributed by atoms with van der Waals surface area (Å²) in [6.07, 6.45) is 6.65. The van der Waals surface area contributed by atoms with E-state index in [-0.39, 0.29) is 11.6 Å². The van der Waals surface area contributed by atoms with Crippen molar-refractivity contribution < 1.29 is 9.59 Å². The van der Waals surface area contributed by atoms with Gasteiger partial charge in [-0.15, -0.1) is 0 Å². The highest BCUT2D eigenvalue weighted by Gasteiger charge is 2.01. The van der Waals surface area contributed by atoms with Crippen LogP contribution in [0.15, 0.2) is 30.3 Å². The zero-order valence-corrected chi connectivity index (χ0v) is 13.4. The summed E-state index contributed by atoms with van der Waals surface area (Å²) in [4.78, 5) is 22.2. The molecule has 0 aliphatic rings. The normalized spacial score (nSPS) is 10.0. The molecule has 0 spiro atoms. The number of rotatable bonds is 8. The van der Waals surface area contributed by atoms with Gasteiger partial charge >= 0.3 is 0 Å². The van der Waals surface area contributed by atoms with Gasteiger partial charge in [-0.2, -0.15) is 0 Å². The van der Waals surface area contributed by atoms with Crippen LogP contribution in [0, 0.1) is 0 Å². The molecule has 0 fully saturated rings. The minimum atomic E-state index is 0.173. The van der Waals surface area contributed by atoms with Crippen molar-refractivity contribution in [2.24, 2.45) is 0 Å². The van der Waals surface area contributed by atoms with Crippen LogP contribution < -0.4 is 0 Å². The Morgan fingerprint density at radius 3 is 2.24 bits per heavy atom. The van der Waals surface area contributed by atoms with Crippen LogP contribution >= 0.6 is 0 Å². The molecule has 1 rings (SSSR count). The number of carbonyl (C=O) groups is 2. The number of carbonyl (C=O) groups excluding carboxylic acids is 2. The summed E-state index contributed by atoms with van der Waals surface area (Å²) in [5.41, 5.74) is 2.10. The fourth-order valence-electron chi connectivity index (χ4n) is 1.73. The van der Waals surface area contributed by atoms with Crippen LogP contribution in [0.5, 0.6) is 0 Å². The summed E-state index contributed by atoms with van der Waals surface area (Å²) in [6.45, 7) is 5.60. The Hall–Kier alpha value is -1.64. The lowest BCUT2D eigenvalue weighted by Crippen LogP contribution is -2.01. The van der Waals surface area contributed by atoms with Gasteiger partial charge in [-0.3, -0.25) is 4.79 Å². The Kier molecular flexibility index (Phi) is 11.2. The van der Waals surface area contributed by atoms with E-state index in [1.165, 1.54) is 0 Å². The second kappa shape index (κ2) is 12.1. The molecule has 0 aliphatic heterocycles. The highest BCUT2D eigenvalue weighted by molar-refractivity contribution is 6.10. The molecule has 0 amide bonds. The van der Waals surface area contributed by atoms with Crippen molar-refractivity contribution in [3.8, 4) is 0 Å². The maximum atomic E-state index is 11.4. The van der Waals surface area contributed by atoms with E-state index in [2.05, 4.69) is 0 Å². The van der Waals surface area contributed by atoms with Crippen molar-refractivity contribution in [2.45, 2.75) is 52.8 Å². The van der Waals surface area contributed by atoms with Crippen LogP contribution in [-0.2, 0) is 16.0 Å². The first-order valence-corrected chi connectivity index (χ1v) is 7.58. The van der Waals surface area contributed by atoms with E-state index in [0.29, 0.717) is 25.6 Å². The third-order valence-electron chi connectivity index (χ3n) is 2.78. The second-order valence-corrected chi connectivity index (χ2v) is 4.64. The Balaban J connectivity index is 0.00000191. The minimum absolute atomic E-state index is 0.173. The second-order valence-electron chi connectivity index (χ2n) is 4.64. The van der Waals surface area contributed by atoms with E-state index >= 15 is 0 Å². The molecular formula is C18H25BO2. The van der Waals surface area contributed by atoms with Crippen LogP contribution in [0.25, 0.3) is 6.08 Å². The van der Waals surface area contributed by atoms with Gasteiger partial charge in [0.15, 0.2) is 0 Å². The topological polar surface area (TPSA) is 34.1 Å². The van der Waals surface area contributed by atoms with Crippen LogP contribution in [0.1, 0.15) is 51.2 Å². The number of hydrogen-bond donors (Lipinski definition) is 0. The van der Waals surface area contributed by atoms with Gasteiger partial charge in [0.1, 0.15) is 11.6 Å². The molecule has 1 aromatic rings. The predicted octanol–water partition coefficient (Wildman–Crippen LogP) is 4.18. The first-order chi connectivity index (χ1) is 10.1. The maximum absolute atomic E-state index is 11.4. The molecule has 0 unspecified atom stereocenters. The standard InChI is InChI=1S/C16H19BO2.C2H6/c1-13(18)4-2-3-5-14-6-8-15(9-7-14)12-16(19)10-11-17;1-2/h3,5-9H,2,4,10-12H2,1H3;1-2H3/b5-3+;. The quantitative estimate of drug-likeness (QED) is 0.671. The lowest BCUT2D eigenvalue weighted by atomic mass is 9.96. The summed E-state index contributed by atoms with van der Waals surface area (Å²) >= 11 is 0. The van der Waals surface area contributed by atoms with E-state index < -0.39 is 0 Å². The van der Waals surface area contributed by atoms with Gasteiger partial charge in [-0.1, -0.05) is 56.6 Å². The van der Waals surface area contributed by atoms with Crippen molar-refractivity contribution in [3.05, 3.63) is 41.5 Å². The summed E-state index contributed by atoms with van der Waals surface area (Å²) in [5, 5.41) is 0. The van der Waals surface area contributed by atoms with E-state index in [9.17, 15) is 9.59 Å². The highest BCUT2D eigenvalue weighted by atomic mass is 16.1. The smallest absolute Gasteiger partial charge is 0.136 e. The molecule has 0 aliphatic carbocycles. The summed E-state index contributed by atoms with van der Waals surface area (Å²) < 4.78 is 0. The fourth-order valence-corrected chi connectivity index (χ4v) is 1.73. The molecule has 3 heteroatoms. The van der Waals surface area contributed by atoms with E-state index in [1.54, 1.807) is 6.92 Å². The van der Waals surface area contributed by atoms with E-state index in [4.69, 9.17) is 7.85 Å². The molecule has 1 aromatic carbocycles. The molecule has 0 saturated heterocycles. The molecule has 0 aromatic heterocycles. The van der Waals surface area contributed by atoms with Crippen molar-refractivity contribution in [2.75, 3.05) is 0 Å². The lowest BCUT2D eigenvalue weighted by Gasteiger charge is -2.01.